The number of allylic oxidation sites excluding steroid dienone is 2. The molecule has 0 spiro atoms. The van der Waals surface area contributed by atoms with Crippen LogP contribution in [0.4, 0.5) is 0 Å². The zero-order chi connectivity index (χ0) is 31.8. The van der Waals surface area contributed by atoms with Gasteiger partial charge in [-0.1, -0.05) is 88.9 Å². The third-order valence-electron chi connectivity index (χ3n) is 19.2. The van der Waals surface area contributed by atoms with E-state index in [-0.39, 0.29) is 0 Å². The number of hydrogen-bond acceptors (Lipinski definition) is 3. The highest BCUT2D eigenvalue weighted by Crippen LogP contribution is 2.64. The van der Waals surface area contributed by atoms with E-state index in [4.69, 9.17) is 4.74 Å². The molecule has 7 saturated carbocycles. The number of nitrogens with zero attached hydrogens (tertiary/aromatic N) is 2. The van der Waals surface area contributed by atoms with Crippen molar-refractivity contribution in [3.63, 3.8) is 0 Å². The van der Waals surface area contributed by atoms with Crippen molar-refractivity contribution in [3.8, 4) is 0 Å². The Hall–Kier alpha value is -0.800. The van der Waals surface area contributed by atoms with Crippen LogP contribution in [0.1, 0.15) is 148 Å². The lowest BCUT2D eigenvalue weighted by Gasteiger charge is -2.44. The summed E-state index contributed by atoms with van der Waals surface area (Å²) in [5, 5.41) is 0. The van der Waals surface area contributed by atoms with Gasteiger partial charge in [-0.05, 0) is 130 Å². The van der Waals surface area contributed by atoms with Gasteiger partial charge in [0.2, 0.25) is 0 Å². The van der Waals surface area contributed by atoms with E-state index in [1.165, 1.54) is 122 Å². The van der Waals surface area contributed by atoms with E-state index in [1.54, 1.807) is 25.7 Å². The van der Waals surface area contributed by atoms with E-state index < -0.39 is 0 Å². The highest BCUT2D eigenvalue weighted by atomic mass is 16.5. The summed E-state index contributed by atoms with van der Waals surface area (Å²) >= 11 is 0. The fraction of sp³-hybridized carbons (Fsp3) is 0.913. The molecule has 18 unspecified atom stereocenters. The van der Waals surface area contributed by atoms with Crippen molar-refractivity contribution in [2.45, 2.75) is 190 Å². The minimum absolute atomic E-state index is 0.551. The van der Waals surface area contributed by atoms with Crippen LogP contribution < -0.4 is 0 Å². The van der Waals surface area contributed by atoms with Gasteiger partial charge in [0, 0.05) is 53.7 Å². The molecule has 3 saturated heterocycles. The van der Waals surface area contributed by atoms with Crippen LogP contribution in [-0.2, 0) is 4.74 Å². The number of rotatable bonds is 2. The summed E-state index contributed by atoms with van der Waals surface area (Å²) in [5.74, 6) is 11.1. The van der Waals surface area contributed by atoms with E-state index in [9.17, 15) is 0 Å². The van der Waals surface area contributed by atoms with Gasteiger partial charge in [-0.2, -0.15) is 0 Å². The van der Waals surface area contributed by atoms with E-state index in [1.807, 2.05) is 5.70 Å². The predicted octanol–water partition coefficient (Wildman–Crippen LogP) is 10.2. The highest BCUT2D eigenvalue weighted by molar-refractivity contribution is 5.31. The Morgan fingerprint density at radius 3 is 2.18 bits per heavy atom. The van der Waals surface area contributed by atoms with Gasteiger partial charge in [-0.25, -0.2) is 0 Å². The zero-order valence-corrected chi connectivity index (χ0v) is 30.8. The average molecular weight is 665 g/mol. The summed E-state index contributed by atoms with van der Waals surface area (Å²) in [7, 11) is 0. The van der Waals surface area contributed by atoms with Crippen molar-refractivity contribution in [2.24, 2.45) is 71.0 Å². The van der Waals surface area contributed by atoms with E-state index in [0.29, 0.717) is 18.2 Å². The lowest BCUT2D eigenvalue weighted by Crippen LogP contribution is -2.50. The topological polar surface area (TPSA) is 15.7 Å². The lowest BCUT2D eigenvalue weighted by atomic mass is 9.64. The molecule has 0 radical (unpaired) electrons. The minimum atomic E-state index is 0.551. The van der Waals surface area contributed by atoms with Crippen LogP contribution in [-0.4, -0.2) is 52.2 Å². The maximum absolute atomic E-state index is 7.37. The van der Waals surface area contributed by atoms with Gasteiger partial charge in [0.05, 0.1) is 12.2 Å². The Balaban J connectivity index is 0.915. The first-order valence-electron chi connectivity index (χ1n) is 22.9. The predicted molar refractivity (Wildman–Crippen MR) is 197 cm³/mol. The zero-order valence-electron chi connectivity index (χ0n) is 30.8. The number of hydrogen-bond donors (Lipinski definition) is 0. The average Bonchev–Trinajstić information content (AvgIpc) is 3.88. The SMILES string of the molecule is C1=CC(N2C3=CC4C5C6OC7CCCCC7C6CCC5N(C5CCCCC5)C4CC3C3CCCCC32)CC2C1C1CCCC3CCCC2C31. The standard InChI is InChI=1S/C46H68N2O/c1-2-12-28(13-3-1)47-40-23-22-35-32-15-5-7-19-43(32)49-46(35)45(40)38-26-41-37(25-42(38)47)31-14-4-6-18-39(31)48(41)29-20-21-30-33-16-8-10-27-11-9-17-34(44(27)33)36(30)24-29/h20-21,26-40,42-46H,1-19,22-25H2. The normalized spacial score (nSPS) is 56.1. The Morgan fingerprint density at radius 1 is 0.510 bits per heavy atom. The summed E-state index contributed by atoms with van der Waals surface area (Å²) in [5.41, 5.74) is 1.89. The molecule has 0 aromatic carbocycles. The van der Waals surface area contributed by atoms with Crippen LogP contribution in [0.2, 0.25) is 0 Å². The van der Waals surface area contributed by atoms with E-state index >= 15 is 0 Å². The van der Waals surface area contributed by atoms with Crippen molar-refractivity contribution >= 4 is 0 Å². The minimum Gasteiger partial charge on any atom is -0.374 e. The molecule has 3 aliphatic heterocycles. The smallest absolute Gasteiger partial charge is 0.0660 e. The van der Waals surface area contributed by atoms with Crippen LogP contribution >= 0.6 is 0 Å². The maximum Gasteiger partial charge on any atom is 0.0660 e. The second-order valence-corrected chi connectivity index (χ2v) is 20.7. The van der Waals surface area contributed by atoms with Gasteiger partial charge >= 0.3 is 0 Å². The van der Waals surface area contributed by atoms with Gasteiger partial charge in [0.25, 0.3) is 0 Å². The summed E-state index contributed by atoms with van der Waals surface area (Å²) in [4.78, 5) is 6.50. The van der Waals surface area contributed by atoms with Gasteiger partial charge < -0.3 is 9.64 Å². The van der Waals surface area contributed by atoms with Crippen molar-refractivity contribution in [2.75, 3.05) is 0 Å². The molecule has 0 amide bonds. The molecule has 3 nitrogen and oxygen atoms in total. The third kappa shape index (κ3) is 4.45. The summed E-state index contributed by atoms with van der Waals surface area (Å²) < 4.78 is 7.37. The van der Waals surface area contributed by atoms with Crippen molar-refractivity contribution in [1.29, 1.82) is 0 Å². The molecule has 0 N–H and O–H groups in total. The van der Waals surface area contributed by atoms with Crippen molar-refractivity contribution in [1.82, 2.24) is 9.80 Å². The van der Waals surface area contributed by atoms with Crippen LogP contribution in [0.25, 0.3) is 0 Å². The van der Waals surface area contributed by atoms with Crippen LogP contribution in [0.5, 0.6) is 0 Å². The molecule has 0 aromatic heterocycles. The van der Waals surface area contributed by atoms with Gasteiger partial charge in [-0.3, -0.25) is 4.90 Å². The quantitative estimate of drug-likeness (QED) is 0.273. The molecule has 18 atom stereocenters. The fourth-order valence-corrected chi connectivity index (χ4v) is 17.9. The molecule has 49 heavy (non-hydrogen) atoms. The van der Waals surface area contributed by atoms with E-state index in [2.05, 4.69) is 28.0 Å². The summed E-state index contributed by atoms with van der Waals surface area (Å²) in [6.07, 6.45) is 44.2. The molecule has 3 heteroatoms. The first-order valence-corrected chi connectivity index (χ1v) is 22.9. The highest BCUT2D eigenvalue weighted by Gasteiger charge is 2.64. The van der Waals surface area contributed by atoms with Crippen LogP contribution in [0, 0.1) is 71.0 Å². The van der Waals surface area contributed by atoms with Gasteiger partial charge in [0.15, 0.2) is 0 Å². The molecular weight excluding hydrogens is 597 g/mol. The Morgan fingerprint density at radius 2 is 1.29 bits per heavy atom. The first kappa shape index (κ1) is 30.6. The maximum atomic E-state index is 7.37. The molecule has 9 aliphatic carbocycles. The summed E-state index contributed by atoms with van der Waals surface area (Å²) in [6.45, 7) is 0. The molecule has 12 rings (SSSR count). The summed E-state index contributed by atoms with van der Waals surface area (Å²) in [6, 6.07) is 3.94. The molecule has 12 aliphatic rings. The fourth-order valence-electron chi connectivity index (χ4n) is 17.9. The number of likely N-dealkylation sites (tertiary alicyclic amines) is 2. The van der Waals surface area contributed by atoms with Gasteiger partial charge in [0.1, 0.15) is 0 Å². The molecule has 3 heterocycles. The molecular formula is C46H68N2O. The second-order valence-electron chi connectivity index (χ2n) is 20.7. The van der Waals surface area contributed by atoms with Crippen LogP contribution in [0.3, 0.4) is 0 Å². The van der Waals surface area contributed by atoms with Crippen LogP contribution in [0.15, 0.2) is 23.9 Å². The van der Waals surface area contributed by atoms with Gasteiger partial charge in [-0.15, -0.1) is 0 Å². The number of fused-ring (bicyclic) bond motifs is 13. The lowest BCUT2D eigenvalue weighted by molar-refractivity contribution is -0.0452. The van der Waals surface area contributed by atoms with Crippen molar-refractivity contribution in [3.05, 3.63) is 23.9 Å². The third-order valence-corrected chi connectivity index (χ3v) is 19.2. The molecule has 10 fully saturated rings. The molecule has 0 bridgehead atoms. The second kappa shape index (κ2) is 11.9. The number of ether oxygens (including phenoxy) is 1. The largest absolute Gasteiger partial charge is 0.374 e. The first-order chi connectivity index (χ1) is 24.3. The Labute approximate surface area is 298 Å². The molecule has 0 aromatic rings. The Bertz CT molecular complexity index is 1330. The monoisotopic (exact) mass is 665 g/mol. The van der Waals surface area contributed by atoms with E-state index in [0.717, 1.165) is 95.2 Å². The van der Waals surface area contributed by atoms with Crippen molar-refractivity contribution < 1.29 is 4.74 Å². The molecule has 268 valence electrons. The Kier molecular flexibility index (Phi) is 7.41.